The van der Waals surface area contributed by atoms with Crippen LogP contribution in [0.1, 0.15) is 40.5 Å². The fourth-order valence-electron chi connectivity index (χ4n) is 1.22. The van der Waals surface area contributed by atoms with Crippen LogP contribution in [0, 0.1) is 17.2 Å². The third-order valence-corrected chi connectivity index (χ3v) is 2.35. The molecule has 70 valence electrons. The first kappa shape index (κ1) is 11.3. The Morgan fingerprint density at radius 3 is 2.17 bits per heavy atom. The quantitative estimate of drug-likeness (QED) is 0.631. The van der Waals surface area contributed by atoms with Crippen molar-refractivity contribution in [1.29, 1.82) is 5.41 Å². The van der Waals surface area contributed by atoms with Crippen molar-refractivity contribution in [1.82, 2.24) is 0 Å². The minimum atomic E-state index is -0.139. The first-order chi connectivity index (χ1) is 5.49. The molecule has 2 unspecified atom stereocenters. The fraction of sp³-hybridized carbons (Fsp3) is 0.800. The van der Waals surface area contributed by atoms with Crippen LogP contribution < -0.4 is 0 Å². The van der Waals surface area contributed by atoms with Crippen molar-refractivity contribution in [3.8, 4) is 0 Å². The van der Waals surface area contributed by atoms with E-state index in [0.717, 1.165) is 12.8 Å². The standard InChI is InChI=1S/C10H19NO/c1-5-7(2)6-10(8(3)11)9(4)12/h7,10-11H,5-6H2,1-4H3. The number of rotatable bonds is 5. The van der Waals surface area contributed by atoms with Gasteiger partial charge in [0.25, 0.3) is 0 Å². The maximum absolute atomic E-state index is 11.1. The van der Waals surface area contributed by atoms with E-state index in [1.54, 1.807) is 13.8 Å². The molecule has 0 aliphatic rings. The van der Waals surface area contributed by atoms with Crippen molar-refractivity contribution in [2.45, 2.75) is 40.5 Å². The van der Waals surface area contributed by atoms with Gasteiger partial charge in [-0.1, -0.05) is 20.3 Å². The van der Waals surface area contributed by atoms with Gasteiger partial charge in [0.05, 0.1) is 5.92 Å². The number of hydrogen-bond acceptors (Lipinski definition) is 2. The first-order valence-electron chi connectivity index (χ1n) is 4.54. The Morgan fingerprint density at radius 2 is 1.92 bits per heavy atom. The van der Waals surface area contributed by atoms with Gasteiger partial charge < -0.3 is 5.41 Å². The fourth-order valence-corrected chi connectivity index (χ4v) is 1.22. The van der Waals surface area contributed by atoms with Crippen LogP contribution >= 0.6 is 0 Å². The second kappa shape index (κ2) is 5.07. The number of hydrogen-bond donors (Lipinski definition) is 1. The summed E-state index contributed by atoms with van der Waals surface area (Å²) in [4.78, 5) is 11.1. The summed E-state index contributed by atoms with van der Waals surface area (Å²) in [5.74, 6) is 0.530. The second-order valence-corrected chi connectivity index (χ2v) is 3.60. The summed E-state index contributed by atoms with van der Waals surface area (Å²) < 4.78 is 0. The predicted molar refractivity (Wildman–Crippen MR) is 51.6 cm³/mol. The van der Waals surface area contributed by atoms with Crippen molar-refractivity contribution in [3.05, 3.63) is 0 Å². The zero-order chi connectivity index (χ0) is 9.72. The van der Waals surface area contributed by atoms with Crippen LogP contribution in [0.15, 0.2) is 0 Å². The van der Waals surface area contributed by atoms with Crippen LogP contribution in [-0.2, 0) is 4.79 Å². The van der Waals surface area contributed by atoms with Gasteiger partial charge in [-0.2, -0.15) is 0 Å². The van der Waals surface area contributed by atoms with Crippen molar-refractivity contribution in [3.63, 3.8) is 0 Å². The van der Waals surface area contributed by atoms with E-state index in [-0.39, 0.29) is 11.7 Å². The maximum atomic E-state index is 11.1. The molecule has 2 nitrogen and oxygen atoms in total. The van der Waals surface area contributed by atoms with Gasteiger partial charge in [-0.25, -0.2) is 0 Å². The average Bonchev–Trinajstić information content (AvgIpc) is 1.98. The SMILES string of the molecule is CCC(C)CC(C(C)=N)C(C)=O. The van der Waals surface area contributed by atoms with E-state index >= 15 is 0 Å². The van der Waals surface area contributed by atoms with Crippen LogP contribution in [0.4, 0.5) is 0 Å². The number of Topliss-reactive ketones (excluding diaryl/α,β-unsaturated/α-hetero) is 1. The molecule has 0 aromatic rings. The van der Waals surface area contributed by atoms with Crippen LogP contribution in [0.5, 0.6) is 0 Å². The Kier molecular flexibility index (Phi) is 4.79. The van der Waals surface area contributed by atoms with Crippen molar-refractivity contribution in [2.75, 3.05) is 0 Å². The molecular weight excluding hydrogens is 150 g/mol. The largest absolute Gasteiger partial charge is 0.309 e. The van der Waals surface area contributed by atoms with Crippen molar-refractivity contribution < 1.29 is 4.79 Å². The molecule has 0 aromatic heterocycles. The van der Waals surface area contributed by atoms with Crippen LogP contribution in [0.25, 0.3) is 0 Å². The highest BCUT2D eigenvalue weighted by Gasteiger charge is 2.18. The van der Waals surface area contributed by atoms with Crippen LogP contribution in [0.3, 0.4) is 0 Å². The molecule has 0 spiro atoms. The Labute approximate surface area is 74.9 Å². The lowest BCUT2D eigenvalue weighted by atomic mass is 9.88. The lowest BCUT2D eigenvalue weighted by molar-refractivity contribution is -0.119. The molecule has 0 aliphatic heterocycles. The zero-order valence-electron chi connectivity index (χ0n) is 8.48. The van der Waals surface area contributed by atoms with Gasteiger partial charge in [-0.3, -0.25) is 4.79 Å². The molecule has 0 rings (SSSR count). The van der Waals surface area contributed by atoms with Gasteiger partial charge in [0.2, 0.25) is 0 Å². The van der Waals surface area contributed by atoms with E-state index in [1.807, 2.05) is 0 Å². The van der Waals surface area contributed by atoms with Gasteiger partial charge in [-0.15, -0.1) is 0 Å². The zero-order valence-corrected chi connectivity index (χ0v) is 8.48. The summed E-state index contributed by atoms with van der Waals surface area (Å²) in [5.41, 5.74) is 0.503. The third-order valence-electron chi connectivity index (χ3n) is 2.35. The molecule has 0 saturated carbocycles. The predicted octanol–water partition coefficient (Wildman–Crippen LogP) is 2.67. The highest BCUT2D eigenvalue weighted by atomic mass is 16.1. The second-order valence-electron chi connectivity index (χ2n) is 3.60. The smallest absolute Gasteiger partial charge is 0.138 e. The lowest BCUT2D eigenvalue weighted by Crippen LogP contribution is -2.21. The minimum absolute atomic E-state index is 0.128. The Hall–Kier alpha value is -0.660. The number of carbonyl (C=O) groups is 1. The highest BCUT2D eigenvalue weighted by Crippen LogP contribution is 2.16. The average molecular weight is 169 g/mol. The van der Waals surface area contributed by atoms with Crippen molar-refractivity contribution in [2.24, 2.45) is 11.8 Å². The summed E-state index contributed by atoms with van der Waals surface area (Å²) in [5, 5.41) is 7.43. The number of ketones is 1. The van der Waals surface area contributed by atoms with Crippen LogP contribution in [-0.4, -0.2) is 11.5 Å². The first-order valence-corrected chi connectivity index (χ1v) is 4.54. The highest BCUT2D eigenvalue weighted by molar-refractivity contribution is 6.01. The molecule has 0 heterocycles. The summed E-state index contributed by atoms with van der Waals surface area (Å²) in [6.07, 6.45) is 1.91. The van der Waals surface area contributed by atoms with Crippen LogP contribution in [0.2, 0.25) is 0 Å². The Balaban J connectivity index is 4.14. The summed E-state index contributed by atoms with van der Waals surface area (Å²) in [6.45, 7) is 7.53. The minimum Gasteiger partial charge on any atom is -0.309 e. The lowest BCUT2D eigenvalue weighted by Gasteiger charge is -2.16. The molecule has 0 saturated heterocycles. The van der Waals surface area contributed by atoms with E-state index in [9.17, 15) is 4.79 Å². The van der Waals surface area contributed by atoms with Gasteiger partial charge in [0.1, 0.15) is 5.78 Å². The molecule has 0 bridgehead atoms. The third kappa shape index (κ3) is 3.65. The van der Waals surface area contributed by atoms with E-state index in [1.165, 1.54) is 0 Å². The molecule has 0 amide bonds. The summed E-state index contributed by atoms with van der Waals surface area (Å²) >= 11 is 0. The van der Waals surface area contributed by atoms with E-state index in [2.05, 4.69) is 13.8 Å². The molecule has 0 radical (unpaired) electrons. The number of carbonyl (C=O) groups excluding carboxylic acids is 1. The van der Waals surface area contributed by atoms with Gasteiger partial charge >= 0.3 is 0 Å². The molecule has 2 atom stereocenters. The molecule has 12 heavy (non-hydrogen) atoms. The van der Waals surface area contributed by atoms with Gasteiger partial charge in [-0.05, 0) is 26.2 Å². The topological polar surface area (TPSA) is 40.9 Å². The summed E-state index contributed by atoms with van der Waals surface area (Å²) in [6, 6.07) is 0. The van der Waals surface area contributed by atoms with Gasteiger partial charge in [0, 0.05) is 5.71 Å². The van der Waals surface area contributed by atoms with Crippen molar-refractivity contribution >= 4 is 11.5 Å². The normalized spacial score (nSPS) is 15.3. The Morgan fingerprint density at radius 1 is 1.42 bits per heavy atom. The summed E-state index contributed by atoms with van der Waals surface area (Å²) in [7, 11) is 0. The van der Waals surface area contributed by atoms with Gasteiger partial charge in [0.15, 0.2) is 0 Å². The number of nitrogens with one attached hydrogen (secondary N) is 1. The molecule has 1 N–H and O–H groups in total. The molecular formula is C10H19NO. The maximum Gasteiger partial charge on any atom is 0.138 e. The molecule has 0 aromatic carbocycles. The Bertz CT molecular complexity index is 161. The van der Waals surface area contributed by atoms with E-state index in [0.29, 0.717) is 11.6 Å². The molecule has 0 fully saturated rings. The van der Waals surface area contributed by atoms with E-state index < -0.39 is 0 Å². The molecule has 2 heteroatoms. The monoisotopic (exact) mass is 169 g/mol. The van der Waals surface area contributed by atoms with E-state index in [4.69, 9.17) is 5.41 Å². The molecule has 0 aliphatic carbocycles.